The average molecular weight is 349 g/mol. The number of halogens is 1. The van der Waals surface area contributed by atoms with Crippen LogP contribution in [0, 0.1) is 6.92 Å². The van der Waals surface area contributed by atoms with Crippen molar-refractivity contribution < 1.29 is 14.7 Å². The number of rotatable bonds is 3. The van der Waals surface area contributed by atoms with Crippen LogP contribution in [0.15, 0.2) is 18.2 Å². The van der Waals surface area contributed by atoms with Gasteiger partial charge in [-0.3, -0.25) is 4.79 Å². The number of carboxylic acids is 1. The topological polar surface area (TPSA) is 62.5 Å². The number of likely N-dealkylation sites (tertiary alicyclic amines) is 1. The summed E-state index contributed by atoms with van der Waals surface area (Å²) >= 11 is 6.31. The molecule has 1 N–H and O–H groups in total. The number of carbonyl (C=O) groups excluding carboxylic acids is 1. The molecule has 2 aromatic rings. The van der Waals surface area contributed by atoms with Crippen LogP contribution in [0.2, 0.25) is 5.02 Å². The van der Waals surface area contributed by atoms with Crippen molar-refractivity contribution in [2.75, 3.05) is 13.1 Å². The van der Waals surface area contributed by atoms with Crippen LogP contribution in [0.3, 0.4) is 0 Å². The summed E-state index contributed by atoms with van der Waals surface area (Å²) < 4.78 is 1.56. The number of fused-ring (bicyclic) bond motifs is 1. The minimum atomic E-state index is -1.04. The number of benzene rings is 1. The van der Waals surface area contributed by atoms with Crippen molar-refractivity contribution in [3.63, 3.8) is 0 Å². The zero-order chi connectivity index (χ0) is 17.3. The van der Waals surface area contributed by atoms with Crippen LogP contribution in [-0.4, -0.2) is 39.5 Å². The molecule has 1 aromatic heterocycles. The summed E-state index contributed by atoms with van der Waals surface area (Å²) in [5.74, 6) is -1.08. The van der Waals surface area contributed by atoms with E-state index in [1.165, 1.54) is 0 Å². The second kappa shape index (κ2) is 6.85. The second-order valence-corrected chi connectivity index (χ2v) is 6.70. The molecule has 0 radical (unpaired) electrons. The minimum absolute atomic E-state index is 0.00963. The molecule has 3 rings (SSSR count). The van der Waals surface area contributed by atoms with Gasteiger partial charge in [-0.2, -0.15) is 0 Å². The van der Waals surface area contributed by atoms with Crippen LogP contribution in [-0.2, 0) is 11.3 Å². The van der Waals surface area contributed by atoms with E-state index in [1.807, 2.05) is 11.0 Å². The van der Waals surface area contributed by atoms with Crippen molar-refractivity contribution in [2.24, 2.45) is 0 Å². The van der Waals surface area contributed by atoms with Gasteiger partial charge in [-0.1, -0.05) is 36.6 Å². The highest BCUT2D eigenvalue weighted by Crippen LogP contribution is 2.31. The molecule has 0 spiro atoms. The number of nitrogens with zero attached hydrogens (tertiary/aromatic N) is 2. The summed E-state index contributed by atoms with van der Waals surface area (Å²) in [4.78, 5) is 26.3. The molecule has 1 aliphatic heterocycles. The molecule has 0 unspecified atom stereocenters. The van der Waals surface area contributed by atoms with E-state index >= 15 is 0 Å². The summed E-state index contributed by atoms with van der Waals surface area (Å²) in [6.07, 6.45) is 4.29. The summed E-state index contributed by atoms with van der Waals surface area (Å²) in [6, 6.07) is 5.36. The van der Waals surface area contributed by atoms with Crippen LogP contribution in [0.5, 0.6) is 0 Å². The van der Waals surface area contributed by atoms with E-state index < -0.39 is 5.97 Å². The molecule has 1 saturated heterocycles. The van der Waals surface area contributed by atoms with Gasteiger partial charge in [0.1, 0.15) is 12.2 Å². The first-order valence-corrected chi connectivity index (χ1v) is 8.67. The van der Waals surface area contributed by atoms with Crippen molar-refractivity contribution >= 4 is 34.4 Å². The zero-order valence-electron chi connectivity index (χ0n) is 13.7. The van der Waals surface area contributed by atoms with Crippen molar-refractivity contribution in [1.29, 1.82) is 0 Å². The number of para-hydroxylation sites is 1. The van der Waals surface area contributed by atoms with Crippen LogP contribution >= 0.6 is 11.6 Å². The quantitative estimate of drug-likeness (QED) is 0.919. The Morgan fingerprint density at radius 3 is 2.46 bits per heavy atom. The Morgan fingerprint density at radius 2 is 1.83 bits per heavy atom. The Kier molecular flexibility index (Phi) is 4.81. The minimum Gasteiger partial charge on any atom is -0.477 e. The van der Waals surface area contributed by atoms with E-state index in [0.29, 0.717) is 16.1 Å². The fraction of sp³-hybridized carbons (Fsp3) is 0.444. The molecule has 0 bridgehead atoms. The maximum atomic E-state index is 12.7. The van der Waals surface area contributed by atoms with E-state index in [4.69, 9.17) is 11.6 Å². The monoisotopic (exact) mass is 348 g/mol. The zero-order valence-corrected chi connectivity index (χ0v) is 14.5. The summed E-state index contributed by atoms with van der Waals surface area (Å²) in [5, 5.41) is 10.9. The fourth-order valence-electron chi connectivity index (χ4n) is 3.52. The normalized spacial score (nSPS) is 15.5. The number of hydrogen-bond donors (Lipinski definition) is 1. The van der Waals surface area contributed by atoms with Gasteiger partial charge in [0.2, 0.25) is 5.91 Å². The smallest absolute Gasteiger partial charge is 0.352 e. The van der Waals surface area contributed by atoms with Gasteiger partial charge in [0, 0.05) is 18.5 Å². The van der Waals surface area contributed by atoms with Gasteiger partial charge >= 0.3 is 5.97 Å². The molecule has 1 aliphatic rings. The number of hydrogen-bond acceptors (Lipinski definition) is 2. The van der Waals surface area contributed by atoms with E-state index in [2.05, 4.69) is 0 Å². The Balaban J connectivity index is 2.03. The molecule has 0 aliphatic carbocycles. The maximum absolute atomic E-state index is 12.7. The summed E-state index contributed by atoms with van der Waals surface area (Å²) in [7, 11) is 0. The Labute approximate surface area is 145 Å². The largest absolute Gasteiger partial charge is 0.477 e. The molecule has 128 valence electrons. The third kappa shape index (κ3) is 3.00. The van der Waals surface area contributed by atoms with Gasteiger partial charge < -0.3 is 14.6 Å². The molecule has 6 heteroatoms. The lowest BCUT2D eigenvalue weighted by molar-refractivity contribution is -0.131. The molecular formula is C18H21ClN2O3. The van der Waals surface area contributed by atoms with Gasteiger partial charge in [-0.25, -0.2) is 4.79 Å². The molecule has 0 atom stereocenters. The number of aromatic nitrogens is 1. The highest BCUT2D eigenvalue weighted by atomic mass is 35.5. The van der Waals surface area contributed by atoms with Gasteiger partial charge in [0.15, 0.2) is 0 Å². The maximum Gasteiger partial charge on any atom is 0.352 e. The fourth-order valence-corrected chi connectivity index (χ4v) is 3.80. The lowest BCUT2D eigenvalue weighted by Crippen LogP contribution is -2.35. The SMILES string of the molecule is Cc1c(C(=O)O)n(CC(=O)N2CCCCCC2)c2c(Cl)cccc12. The van der Waals surface area contributed by atoms with E-state index in [1.54, 1.807) is 23.6 Å². The molecule has 1 aromatic carbocycles. The van der Waals surface area contributed by atoms with E-state index in [0.717, 1.165) is 44.2 Å². The lowest BCUT2D eigenvalue weighted by atomic mass is 10.1. The standard InChI is InChI=1S/C18H21ClN2O3/c1-12-13-7-6-8-14(19)17(13)21(16(12)18(23)24)11-15(22)20-9-4-2-3-5-10-20/h6-8H,2-5,9-11H2,1H3,(H,23,24). The third-order valence-electron chi connectivity index (χ3n) is 4.74. The number of carbonyl (C=O) groups is 2. The van der Waals surface area contributed by atoms with Crippen molar-refractivity contribution in [3.05, 3.63) is 34.5 Å². The van der Waals surface area contributed by atoms with Crippen LogP contribution < -0.4 is 0 Å². The second-order valence-electron chi connectivity index (χ2n) is 6.30. The first-order valence-electron chi connectivity index (χ1n) is 8.29. The van der Waals surface area contributed by atoms with E-state index in [9.17, 15) is 14.7 Å². The van der Waals surface area contributed by atoms with Crippen LogP contribution in [0.4, 0.5) is 0 Å². The number of aromatic carboxylic acids is 1. The molecule has 1 amide bonds. The van der Waals surface area contributed by atoms with Gasteiger partial charge in [0.05, 0.1) is 10.5 Å². The lowest BCUT2D eigenvalue weighted by Gasteiger charge is -2.21. The van der Waals surface area contributed by atoms with Gasteiger partial charge in [0.25, 0.3) is 0 Å². The van der Waals surface area contributed by atoms with Crippen molar-refractivity contribution in [1.82, 2.24) is 9.47 Å². The predicted molar refractivity (Wildman–Crippen MR) is 93.7 cm³/mol. The van der Waals surface area contributed by atoms with Gasteiger partial charge in [-0.05, 0) is 31.4 Å². The highest BCUT2D eigenvalue weighted by Gasteiger charge is 2.24. The Bertz CT molecular complexity index is 789. The molecular weight excluding hydrogens is 328 g/mol. The predicted octanol–water partition coefficient (Wildman–Crippen LogP) is 3.70. The van der Waals surface area contributed by atoms with Crippen LogP contribution in [0.1, 0.15) is 41.7 Å². The number of amides is 1. The molecule has 24 heavy (non-hydrogen) atoms. The Hall–Kier alpha value is -2.01. The van der Waals surface area contributed by atoms with E-state index in [-0.39, 0.29) is 18.1 Å². The van der Waals surface area contributed by atoms with Crippen LogP contribution in [0.25, 0.3) is 10.9 Å². The third-order valence-corrected chi connectivity index (χ3v) is 5.05. The summed E-state index contributed by atoms with van der Waals surface area (Å²) in [6.45, 7) is 3.25. The first-order chi connectivity index (χ1) is 11.5. The molecule has 5 nitrogen and oxygen atoms in total. The Morgan fingerprint density at radius 1 is 1.17 bits per heavy atom. The number of aryl methyl sites for hydroxylation is 1. The number of carboxylic acid groups (broad SMARTS) is 1. The van der Waals surface area contributed by atoms with Crippen molar-refractivity contribution in [2.45, 2.75) is 39.2 Å². The first kappa shape index (κ1) is 16.8. The summed E-state index contributed by atoms with van der Waals surface area (Å²) in [5.41, 5.74) is 1.40. The molecule has 0 saturated carbocycles. The van der Waals surface area contributed by atoms with Crippen molar-refractivity contribution in [3.8, 4) is 0 Å². The van der Waals surface area contributed by atoms with Gasteiger partial charge in [-0.15, -0.1) is 0 Å². The highest BCUT2D eigenvalue weighted by molar-refractivity contribution is 6.35. The average Bonchev–Trinajstić information content (AvgIpc) is 2.71. The molecule has 2 heterocycles. The molecule has 1 fully saturated rings.